The molecule has 0 aromatic heterocycles. The van der Waals surface area contributed by atoms with Gasteiger partial charge in [-0.2, -0.15) is 0 Å². The quantitative estimate of drug-likeness (QED) is 0.658. The van der Waals surface area contributed by atoms with Crippen LogP contribution in [0.2, 0.25) is 0 Å². The van der Waals surface area contributed by atoms with E-state index in [0.717, 1.165) is 22.8 Å². The van der Waals surface area contributed by atoms with E-state index in [-0.39, 0.29) is 11.9 Å². The van der Waals surface area contributed by atoms with E-state index in [1.54, 1.807) is 7.11 Å². The van der Waals surface area contributed by atoms with Gasteiger partial charge in [-0.1, -0.05) is 18.2 Å². The van der Waals surface area contributed by atoms with Crippen molar-refractivity contribution in [2.75, 3.05) is 20.3 Å². The molecule has 0 spiro atoms. The summed E-state index contributed by atoms with van der Waals surface area (Å²) < 4.78 is 16.5. The van der Waals surface area contributed by atoms with E-state index in [2.05, 4.69) is 5.32 Å². The molecule has 0 saturated carbocycles. The van der Waals surface area contributed by atoms with Gasteiger partial charge in [-0.3, -0.25) is 4.79 Å². The fraction of sp³-hybridized carbons (Fsp3) is 0.381. The van der Waals surface area contributed by atoms with Gasteiger partial charge in [0.25, 0.3) is 0 Å². The number of hydrogen-bond donors (Lipinski definition) is 1. The molecule has 2 aromatic rings. The zero-order valence-corrected chi connectivity index (χ0v) is 15.7. The van der Waals surface area contributed by atoms with Crippen LogP contribution in [0.3, 0.4) is 0 Å². The van der Waals surface area contributed by atoms with Crippen molar-refractivity contribution in [3.8, 4) is 17.2 Å². The molecule has 1 amide bonds. The van der Waals surface area contributed by atoms with Crippen molar-refractivity contribution in [2.24, 2.45) is 0 Å². The van der Waals surface area contributed by atoms with Gasteiger partial charge in [-0.05, 0) is 56.2 Å². The highest BCUT2D eigenvalue weighted by atomic mass is 16.5. The molecule has 0 heterocycles. The summed E-state index contributed by atoms with van der Waals surface area (Å²) in [7, 11) is 1.63. The summed E-state index contributed by atoms with van der Waals surface area (Å²) in [5, 5.41) is 2.95. The van der Waals surface area contributed by atoms with E-state index in [9.17, 15) is 4.79 Å². The first-order valence-electron chi connectivity index (χ1n) is 8.83. The van der Waals surface area contributed by atoms with Crippen molar-refractivity contribution in [1.29, 1.82) is 0 Å². The van der Waals surface area contributed by atoms with Gasteiger partial charge in [0.1, 0.15) is 23.9 Å². The molecule has 0 aliphatic carbocycles. The van der Waals surface area contributed by atoms with Crippen LogP contribution >= 0.6 is 0 Å². The summed E-state index contributed by atoms with van der Waals surface area (Å²) in [4.78, 5) is 12.0. The Morgan fingerprint density at radius 2 is 1.73 bits per heavy atom. The molecule has 2 rings (SSSR count). The molecule has 5 nitrogen and oxygen atoms in total. The van der Waals surface area contributed by atoms with Gasteiger partial charge in [0.15, 0.2) is 0 Å². The third kappa shape index (κ3) is 6.67. The molecule has 0 aliphatic heterocycles. The fourth-order valence-electron chi connectivity index (χ4n) is 2.42. The maximum absolute atomic E-state index is 12.0. The highest BCUT2D eigenvalue weighted by Gasteiger charge is 2.09. The van der Waals surface area contributed by atoms with E-state index < -0.39 is 0 Å². The smallest absolute Gasteiger partial charge is 0.220 e. The molecule has 5 heteroatoms. The number of rotatable bonds is 10. The second-order valence-electron chi connectivity index (χ2n) is 6.17. The average molecular weight is 357 g/mol. The second-order valence-corrected chi connectivity index (χ2v) is 6.17. The normalized spacial score (nSPS) is 11.5. The molecule has 0 fully saturated rings. The number of nitrogens with one attached hydrogen (secondary N) is 1. The maximum atomic E-state index is 12.0. The molecule has 140 valence electrons. The lowest BCUT2D eigenvalue weighted by molar-refractivity contribution is -0.122. The van der Waals surface area contributed by atoms with Crippen LogP contribution in [0, 0.1) is 6.92 Å². The standard InChI is InChI=1S/C21H27NO4/c1-16-7-4-5-8-20(16)26-15-17(2)22-21(23)9-6-14-25-19-12-10-18(24-3)11-13-19/h4-5,7-8,10-13,17H,6,9,14-15H2,1-3H3,(H,22,23). The van der Waals surface area contributed by atoms with Gasteiger partial charge >= 0.3 is 0 Å². The summed E-state index contributed by atoms with van der Waals surface area (Å²) in [5.74, 6) is 2.41. The average Bonchev–Trinajstić information content (AvgIpc) is 2.65. The molecule has 0 saturated heterocycles. The molecule has 0 radical (unpaired) electrons. The lowest BCUT2D eigenvalue weighted by Gasteiger charge is -2.16. The number of methoxy groups -OCH3 is 1. The van der Waals surface area contributed by atoms with Crippen LogP contribution in [0.15, 0.2) is 48.5 Å². The summed E-state index contributed by atoms with van der Waals surface area (Å²) in [6, 6.07) is 15.2. The Balaban J connectivity index is 1.61. The predicted octanol–water partition coefficient (Wildman–Crippen LogP) is 3.75. The first-order valence-corrected chi connectivity index (χ1v) is 8.83. The zero-order chi connectivity index (χ0) is 18.8. The minimum Gasteiger partial charge on any atom is -0.497 e. The Kier molecular flexibility index (Phi) is 7.80. The number of aryl methyl sites for hydroxylation is 1. The van der Waals surface area contributed by atoms with Gasteiger partial charge in [-0.25, -0.2) is 0 Å². The predicted molar refractivity (Wildman–Crippen MR) is 102 cm³/mol. The van der Waals surface area contributed by atoms with Gasteiger partial charge in [-0.15, -0.1) is 0 Å². The molecular formula is C21H27NO4. The number of amides is 1. The number of hydrogen-bond acceptors (Lipinski definition) is 4. The van der Waals surface area contributed by atoms with Crippen LogP contribution < -0.4 is 19.5 Å². The lowest BCUT2D eigenvalue weighted by Crippen LogP contribution is -2.36. The van der Waals surface area contributed by atoms with Crippen molar-refractivity contribution in [1.82, 2.24) is 5.32 Å². The molecule has 2 aromatic carbocycles. The summed E-state index contributed by atoms with van der Waals surface area (Å²) >= 11 is 0. The zero-order valence-electron chi connectivity index (χ0n) is 15.7. The van der Waals surface area contributed by atoms with Crippen molar-refractivity contribution < 1.29 is 19.0 Å². The summed E-state index contributed by atoms with van der Waals surface area (Å²) in [6.45, 7) is 4.87. The van der Waals surface area contributed by atoms with Crippen LogP contribution in [-0.4, -0.2) is 32.3 Å². The Labute approximate surface area is 155 Å². The minimum absolute atomic E-state index is 0.00390. The third-order valence-corrected chi connectivity index (χ3v) is 3.87. The van der Waals surface area contributed by atoms with Crippen molar-refractivity contribution in [3.63, 3.8) is 0 Å². The van der Waals surface area contributed by atoms with Gasteiger partial charge in [0, 0.05) is 6.42 Å². The highest BCUT2D eigenvalue weighted by Crippen LogP contribution is 2.17. The van der Waals surface area contributed by atoms with E-state index in [0.29, 0.717) is 26.1 Å². The second kappa shape index (κ2) is 10.3. The summed E-state index contributed by atoms with van der Waals surface area (Å²) in [6.07, 6.45) is 1.08. The third-order valence-electron chi connectivity index (χ3n) is 3.87. The molecule has 1 unspecified atom stereocenters. The van der Waals surface area contributed by atoms with E-state index >= 15 is 0 Å². The molecule has 1 N–H and O–H groups in total. The number of ether oxygens (including phenoxy) is 3. The molecule has 26 heavy (non-hydrogen) atoms. The number of carbonyl (C=O) groups excluding carboxylic acids is 1. The van der Waals surface area contributed by atoms with Crippen LogP contribution in [0.5, 0.6) is 17.2 Å². The van der Waals surface area contributed by atoms with Gasteiger partial charge in [0.05, 0.1) is 19.8 Å². The van der Waals surface area contributed by atoms with Crippen molar-refractivity contribution >= 4 is 5.91 Å². The molecule has 0 bridgehead atoms. The van der Waals surface area contributed by atoms with Crippen molar-refractivity contribution in [2.45, 2.75) is 32.7 Å². The SMILES string of the molecule is COc1ccc(OCCCC(=O)NC(C)COc2ccccc2C)cc1. The monoisotopic (exact) mass is 357 g/mol. The van der Waals surface area contributed by atoms with Crippen LogP contribution in [-0.2, 0) is 4.79 Å². The fourth-order valence-corrected chi connectivity index (χ4v) is 2.42. The Morgan fingerprint density at radius 1 is 1.04 bits per heavy atom. The topological polar surface area (TPSA) is 56.8 Å². The first kappa shape index (κ1) is 19.6. The number of carbonyl (C=O) groups is 1. The Morgan fingerprint density at radius 3 is 2.42 bits per heavy atom. The first-order chi connectivity index (χ1) is 12.6. The van der Waals surface area contributed by atoms with E-state index in [1.165, 1.54) is 0 Å². The minimum atomic E-state index is -0.0513. The van der Waals surface area contributed by atoms with Crippen LogP contribution in [0.1, 0.15) is 25.3 Å². The summed E-state index contributed by atoms with van der Waals surface area (Å²) in [5.41, 5.74) is 1.08. The highest BCUT2D eigenvalue weighted by molar-refractivity contribution is 5.76. The van der Waals surface area contributed by atoms with Crippen LogP contribution in [0.25, 0.3) is 0 Å². The van der Waals surface area contributed by atoms with Crippen molar-refractivity contribution in [3.05, 3.63) is 54.1 Å². The van der Waals surface area contributed by atoms with Crippen LogP contribution in [0.4, 0.5) is 0 Å². The number of benzene rings is 2. The number of para-hydroxylation sites is 1. The van der Waals surface area contributed by atoms with Gasteiger partial charge < -0.3 is 19.5 Å². The largest absolute Gasteiger partial charge is 0.497 e. The molecule has 0 aliphatic rings. The molecule has 1 atom stereocenters. The Hall–Kier alpha value is -2.69. The Bertz CT molecular complexity index is 685. The maximum Gasteiger partial charge on any atom is 0.220 e. The van der Waals surface area contributed by atoms with E-state index in [4.69, 9.17) is 14.2 Å². The van der Waals surface area contributed by atoms with E-state index in [1.807, 2.05) is 62.4 Å². The van der Waals surface area contributed by atoms with Gasteiger partial charge in [0.2, 0.25) is 5.91 Å². The lowest BCUT2D eigenvalue weighted by atomic mass is 10.2. The molecular weight excluding hydrogens is 330 g/mol.